The molecule has 3 rings (SSSR count). The highest BCUT2D eigenvalue weighted by atomic mass is 32.2. The van der Waals surface area contributed by atoms with Crippen molar-refractivity contribution in [1.82, 2.24) is 10.6 Å². The maximum atomic E-state index is 13.5. The van der Waals surface area contributed by atoms with Crippen LogP contribution in [0.25, 0.3) is 11.1 Å². The zero-order valence-corrected chi connectivity index (χ0v) is 24.6. The number of rotatable bonds is 13. The Labute approximate surface area is 234 Å². The SMILES string of the molecule is CC[C@H](CC1CCCCC1)NCc1ccc(C(=O)N[C@@H](CCS(C)(=O)=O)C(=O)OC)c(-c2ccccc2C)c1. The van der Waals surface area contributed by atoms with Crippen LogP contribution in [0.2, 0.25) is 0 Å². The molecule has 1 amide bonds. The summed E-state index contributed by atoms with van der Waals surface area (Å²) in [5.74, 6) is -0.550. The summed E-state index contributed by atoms with van der Waals surface area (Å²) in [6.45, 7) is 4.93. The number of methoxy groups -OCH3 is 1. The van der Waals surface area contributed by atoms with E-state index in [1.807, 2.05) is 43.3 Å². The molecule has 1 saturated carbocycles. The Kier molecular flexibility index (Phi) is 11.5. The van der Waals surface area contributed by atoms with E-state index in [0.717, 1.165) is 40.8 Å². The smallest absolute Gasteiger partial charge is 0.328 e. The molecular formula is C31H44N2O5S. The van der Waals surface area contributed by atoms with Gasteiger partial charge in [-0.25, -0.2) is 13.2 Å². The molecule has 1 aliphatic rings. The van der Waals surface area contributed by atoms with Gasteiger partial charge in [-0.2, -0.15) is 0 Å². The van der Waals surface area contributed by atoms with Crippen LogP contribution in [0.15, 0.2) is 42.5 Å². The third kappa shape index (κ3) is 9.46. The molecule has 0 spiro atoms. The third-order valence-electron chi connectivity index (χ3n) is 7.76. The van der Waals surface area contributed by atoms with Crippen molar-refractivity contribution in [3.8, 4) is 11.1 Å². The summed E-state index contributed by atoms with van der Waals surface area (Å²) in [5, 5.41) is 6.46. The van der Waals surface area contributed by atoms with Gasteiger partial charge in [-0.1, -0.05) is 69.4 Å². The van der Waals surface area contributed by atoms with Crippen molar-refractivity contribution in [3.05, 3.63) is 59.2 Å². The highest BCUT2D eigenvalue weighted by Gasteiger charge is 2.25. The fourth-order valence-electron chi connectivity index (χ4n) is 5.44. The van der Waals surface area contributed by atoms with Gasteiger partial charge >= 0.3 is 5.97 Å². The van der Waals surface area contributed by atoms with Gasteiger partial charge in [0.25, 0.3) is 5.91 Å². The molecule has 2 atom stereocenters. The van der Waals surface area contributed by atoms with Crippen molar-refractivity contribution in [1.29, 1.82) is 0 Å². The number of hydrogen-bond acceptors (Lipinski definition) is 6. The van der Waals surface area contributed by atoms with Crippen LogP contribution in [0, 0.1) is 12.8 Å². The van der Waals surface area contributed by atoms with Crippen molar-refractivity contribution < 1.29 is 22.7 Å². The first-order chi connectivity index (χ1) is 18.6. The summed E-state index contributed by atoms with van der Waals surface area (Å²) in [5.41, 5.74) is 4.24. The normalized spacial score (nSPS) is 15.9. The van der Waals surface area contributed by atoms with Gasteiger partial charge < -0.3 is 15.4 Å². The summed E-state index contributed by atoms with van der Waals surface area (Å²) < 4.78 is 28.2. The van der Waals surface area contributed by atoms with Gasteiger partial charge in [0.2, 0.25) is 0 Å². The number of carbonyl (C=O) groups excluding carboxylic acids is 2. The highest BCUT2D eigenvalue weighted by Crippen LogP contribution is 2.30. The molecule has 39 heavy (non-hydrogen) atoms. The van der Waals surface area contributed by atoms with Crippen LogP contribution < -0.4 is 10.6 Å². The molecule has 0 aromatic heterocycles. The van der Waals surface area contributed by atoms with Crippen LogP contribution in [0.1, 0.15) is 79.8 Å². The highest BCUT2D eigenvalue weighted by molar-refractivity contribution is 7.90. The van der Waals surface area contributed by atoms with Crippen molar-refractivity contribution >= 4 is 21.7 Å². The summed E-state index contributed by atoms with van der Waals surface area (Å²) in [4.78, 5) is 25.8. The quantitative estimate of drug-likeness (QED) is 0.329. The maximum absolute atomic E-state index is 13.5. The van der Waals surface area contributed by atoms with Crippen LogP contribution >= 0.6 is 0 Å². The third-order valence-corrected chi connectivity index (χ3v) is 8.74. The van der Waals surface area contributed by atoms with E-state index in [1.165, 1.54) is 45.6 Å². The van der Waals surface area contributed by atoms with Crippen LogP contribution in [-0.4, -0.2) is 51.5 Å². The Bertz CT molecular complexity index is 1220. The second-order valence-electron chi connectivity index (χ2n) is 10.9. The van der Waals surface area contributed by atoms with Crippen molar-refractivity contribution in [2.45, 2.75) is 83.8 Å². The van der Waals surface area contributed by atoms with Gasteiger partial charge in [-0.3, -0.25) is 4.79 Å². The van der Waals surface area contributed by atoms with Gasteiger partial charge in [0.15, 0.2) is 0 Å². The molecule has 0 aliphatic heterocycles. The summed E-state index contributed by atoms with van der Waals surface area (Å²) >= 11 is 0. The molecule has 7 nitrogen and oxygen atoms in total. The number of nitrogens with one attached hydrogen (secondary N) is 2. The van der Waals surface area contributed by atoms with Gasteiger partial charge in [0, 0.05) is 24.4 Å². The number of sulfone groups is 1. The van der Waals surface area contributed by atoms with Gasteiger partial charge in [0.1, 0.15) is 15.9 Å². The van der Waals surface area contributed by atoms with E-state index < -0.39 is 27.8 Å². The van der Waals surface area contributed by atoms with E-state index in [9.17, 15) is 18.0 Å². The average molecular weight is 557 g/mol. The molecule has 0 heterocycles. The molecular weight excluding hydrogens is 512 g/mol. The lowest BCUT2D eigenvalue weighted by molar-refractivity contribution is -0.142. The predicted octanol–water partition coefficient (Wildman–Crippen LogP) is 5.21. The van der Waals surface area contributed by atoms with Crippen LogP contribution in [0.5, 0.6) is 0 Å². The number of ether oxygens (including phenoxy) is 1. The van der Waals surface area contributed by atoms with E-state index in [0.29, 0.717) is 18.2 Å². The molecule has 0 bridgehead atoms. The molecule has 0 saturated heterocycles. The number of amides is 1. The monoisotopic (exact) mass is 556 g/mol. The van der Waals surface area contributed by atoms with E-state index >= 15 is 0 Å². The fraction of sp³-hybridized carbons (Fsp3) is 0.548. The number of aryl methyl sites for hydroxylation is 1. The summed E-state index contributed by atoms with van der Waals surface area (Å²) in [6, 6.07) is 13.1. The molecule has 2 aromatic carbocycles. The minimum Gasteiger partial charge on any atom is -0.467 e. The molecule has 8 heteroatoms. The van der Waals surface area contributed by atoms with Crippen LogP contribution in [-0.2, 0) is 25.9 Å². The van der Waals surface area contributed by atoms with E-state index in [-0.39, 0.29) is 12.2 Å². The zero-order valence-electron chi connectivity index (χ0n) is 23.8. The fourth-order valence-corrected chi connectivity index (χ4v) is 6.10. The van der Waals surface area contributed by atoms with Crippen LogP contribution in [0.4, 0.5) is 0 Å². The number of carbonyl (C=O) groups is 2. The average Bonchev–Trinajstić information content (AvgIpc) is 2.93. The Morgan fingerprint density at radius 1 is 1.05 bits per heavy atom. The molecule has 0 unspecified atom stereocenters. The van der Waals surface area contributed by atoms with Crippen molar-refractivity contribution in [2.24, 2.45) is 5.92 Å². The number of hydrogen-bond donors (Lipinski definition) is 2. The predicted molar refractivity (Wildman–Crippen MR) is 156 cm³/mol. The molecule has 0 radical (unpaired) electrons. The Morgan fingerprint density at radius 3 is 2.41 bits per heavy atom. The Morgan fingerprint density at radius 2 is 1.77 bits per heavy atom. The van der Waals surface area contributed by atoms with Gasteiger partial charge in [-0.15, -0.1) is 0 Å². The molecule has 1 fully saturated rings. The standard InChI is InChI=1S/C31H44N2O5S/c1-5-25(19-23-12-7-6-8-13-23)32-21-24-15-16-27(28(20-24)26-14-10-9-11-22(26)2)30(34)33-29(31(35)38-3)17-18-39(4,36)37/h9-11,14-16,20,23,25,29,32H,5-8,12-13,17-19,21H2,1-4H3,(H,33,34)/t25-,29+/m1/s1. The summed E-state index contributed by atoms with van der Waals surface area (Å²) in [6.07, 6.45) is 10.0. The molecule has 214 valence electrons. The molecule has 2 N–H and O–H groups in total. The number of benzene rings is 2. The van der Waals surface area contributed by atoms with E-state index in [4.69, 9.17) is 4.74 Å². The van der Waals surface area contributed by atoms with Crippen LogP contribution in [0.3, 0.4) is 0 Å². The molecule has 2 aromatic rings. The van der Waals surface area contributed by atoms with Gasteiger partial charge in [-0.05, 0) is 66.5 Å². The second-order valence-corrected chi connectivity index (χ2v) is 13.1. The Hall–Kier alpha value is -2.71. The first-order valence-corrected chi connectivity index (χ1v) is 16.2. The zero-order chi connectivity index (χ0) is 28.4. The molecule has 1 aliphatic carbocycles. The second kappa shape index (κ2) is 14.6. The summed E-state index contributed by atoms with van der Waals surface area (Å²) in [7, 11) is -2.09. The topological polar surface area (TPSA) is 102 Å². The van der Waals surface area contributed by atoms with E-state index in [2.05, 4.69) is 17.6 Å². The number of esters is 1. The van der Waals surface area contributed by atoms with Crippen molar-refractivity contribution in [3.63, 3.8) is 0 Å². The van der Waals surface area contributed by atoms with E-state index in [1.54, 1.807) is 6.07 Å². The maximum Gasteiger partial charge on any atom is 0.328 e. The van der Waals surface area contributed by atoms with Crippen molar-refractivity contribution in [2.75, 3.05) is 19.1 Å². The lowest BCUT2D eigenvalue weighted by Gasteiger charge is -2.27. The largest absolute Gasteiger partial charge is 0.467 e. The lowest BCUT2D eigenvalue weighted by Crippen LogP contribution is -2.42. The lowest BCUT2D eigenvalue weighted by atomic mass is 9.84. The first-order valence-electron chi connectivity index (χ1n) is 14.1. The minimum atomic E-state index is -3.32. The minimum absolute atomic E-state index is 0.0572. The van der Waals surface area contributed by atoms with Gasteiger partial charge in [0.05, 0.1) is 12.9 Å². The first kappa shape index (κ1) is 30.8. The Balaban J connectivity index is 1.83.